The molecule has 21 nitrogen and oxygen atoms in total. The van der Waals surface area contributed by atoms with Crippen LogP contribution in [0.2, 0.25) is 20.1 Å². The zero-order valence-corrected chi connectivity index (χ0v) is 89.6. The van der Waals surface area contributed by atoms with E-state index in [1.807, 2.05) is 0 Å². The summed E-state index contributed by atoms with van der Waals surface area (Å²) in [6.45, 7) is 65.3. The van der Waals surface area contributed by atoms with Crippen molar-refractivity contribution in [2.24, 2.45) is 47.3 Å². The van der Waals surface area contributed by atoms with Gasteiger partial charge in [-0.2, -0.15) is 11.8 Å². The molecule has 7 aromatic rings. The van der Waals surface area contributed by atoms with Gasteiger partial charge in [0.2, 0.25) is 0 Å². The van der Waals surface area contributed by atoms with Gasteiger partial charge in [0.25, 0.3) is 0 Å². The summed E-state index contributed by atoms with van der Waals surface area (Å²) in [5.41, 5.74) is 3.52. The van der Waals surface area contributed by atoms with E-state index in [4.69, 9.17) is 128 Å². The Morgan fingerprint density at radius 1 is 0.336 bits per heavy atom. The Balaban J connectivity index is 0.0000101. The van der Waals surface area contributed by atoms with Crippen molar-refractivity contribution in [3.8, 4) is 91.5 Å². The number of rotatable bonds is 56. The van der Waals surface area contributed by atoms with Crippen molar-refractivity contribution in [2.75, 3.05) is 168 Å². The summed E-state index contributed by atoms with van der Waals surface area (Å²) in [5.74, 6) is 9.27. The van der Waals surface area contributed by atoms with Crippen molar-refractivity contribution < 1.29 is 63.4 Å². The molecule has 0 N–H and O–H groups in total. The van der Waals surface area contributed by atoms with Crippen LogP contribution in [0.4, 0.5) is 5.69 Å². The normalized spacial score (nSPS) is 12.5. The number of hydrogen-bond acceptors (Lipinski definition) is 21. The Morgan fingerprint density at radius 3 is 0.914 bits per heavy atom. The molecule has 0 aliphatic carbocycles. The van der Waals surface area contributed by atoms with Crippen LogP contribution in [0.3, 0.4) is 0 Å². The second-order valence-corrected chi connectivity index (χ2v) is 42.8. The molecule has 0 saturated heterocycles. The van der Waals surface area contributed by atoms with E-state index in [0.717, 1.165) is 118 Å². The predicted octanol–water partition coefficient (Wildman–Crippen LogP) is 26.2. The van der Waals surface area contributed by atoms with Crippen molar-refractivity contribution in [2.45, 2.75) is 232 Å². The zero-order valence-electron chi connectivity index (χ0n) is 81.9. The molecule has 0 fully saturated rings. The number of nitrogens with zero attached hydrogens (tertiary/aromatic N) is 12. The van der Waals surface area contributed by atoms with E-state index in [1.165, 1.54) is 0 Å². The molecule has 0 amide bonds. The van der Waals surface area contributed by atoms with Crippen LogP contribution >= 0.6 is 93.5 Å². The molecule has 4 aromatic carbocycles. The molecule has 9 rings (SSSR count). The quantitative estimate of drug-likeness (QED) is 0.0257. The van der Waals surface area contributed by atoms with Gasteiger partial charge in [-0.15, -0.1) is 35.3 Å². The number of halogens is 4. The van der Waals surface area contributed by atoms with Crippen LogP contribution in [-0.2, 0) is 21.0 Å². The van der Waals surface area contributed by atoms with Gasteiger partial charge in [0.1, 0.15) is 54.6 Å². The summed E-state index contributed by atoms with van der Waals surface area (Å²) in [5, 5.41) is 3.45. The molecule has 711 valence electrons. The van der Waals surface area contributed by atoms with Crippen molar-refractivity contribution in [3.63, 3.8) is 0 Å². The first-order valence-corrected chi connectivity index (χ1v) is 53.7. The number of thioether (sulfide) groups is 4. The minimum absolute atomic E-state index is 0.188. The summed E-state index contributed by atoms with van der Waals surface area (Å²) in [7, 11) is 2.31. The molecule has 0 atom stereocenters. The minimum atomic E-state index is 0.188. The van der Waals surface area contributed by atoms with Gasteiger partial charge in [0.05, 0.1) is 159 Å². The maximum atomic E-state index is 8.50. The summed E-state index contributed by atoms with van der Waals surface area (Å²) in [6, 6.07) is 0. The molecule has 2 aliphatic rings. The second-order valence-electron chi connectivity index (χ2n) is 37.0. The number of ether oxygens (including phenoxy) is 8. The van der Waals surface area contributed by atoms with Crippen molar-refractivity contribution in [3.05, 3.63) is 20.1 Å². The van der Waals surface area contributed by atoms with Gasteiger partial charge < -0.3 is 82.1 Å². The van der Waals surface area contributed by atoms with E-state index >= 15 is 0 Å². The van der Waals surface area contributed by atoms with Gasteiger partial charge in [-0.3, -0.25) is 4.48 Å². The first-order valence-electron chi connectivity index (χ1n) is 47.3. The Labute approximate surface area is 813 Å². The molecule has 30 heteroatoms. The number of hydrogen-bond donors (Lipinski definition) is 0. The number of aromatic nitrogens is 8. The molecular weight excluding hydrogens is 1810 g/mol. The van der Waals surface area contributed by atoms with Crippen LogP contribution in [-0.4, -0.2) is 212 Å². The van der Waals surface area contributed by atoms with Gasteiger partial charge in [0.15, 0.2) is 17.2 Å². The molecule has 128 heavy (non-hydrogen) atoms. The molecule has 0 saturated carbocycles. The number of fused-ring (bicyclic) bond motifs is 20. The third-order valence-electron chi connectivity index (χ3n) is 24.2. The van der Waals surface area contributed by atoms with Crippen molar-refractivity contribution in [1.82, 2.24) is 54.2 Å². The molecule has 3 aromatic heterocycles. The average Bonchev–Trinajstić information content (AvgIpc) is 1.54. The van der Waals surface area contributed by atoms with E-state index in [-0.39, 0.29) is 93.2 Å². The Hall–Kier alpha value is -4.58. The average molecular weight is 1960 g/mol. The van der Waals surface area contributed by atoms with Crippen LogP contribution in [0, 0.1) is 47.3 Å². The van der Waals surface area contributed by atoms with E-state index in [1.54, 1.807) is 47.0 Å². The fourth-order valence-corrected chi connectivity index (χ4v) is 20.6. The molecule has 5 heterocycles. The van der Waals surface area contributed by atoms with Gasteiger partial charge in [0, 0.05) is 80.2 Å². The van der Waals surface area contributed by atoms with E-state index in [0.29, 0.717) is 244 Å². The number of quaternary nitrogens is 2. The zero-order chi connectivity index (χ0) is 94.0. The summed E-state index contributed by atoms with van der Waals surface area (Å²) in [6.07, 6.45) is 7.85. The first kappa shape index (κ1) is 109. The Bertz CT molecular complexity index is 4880. The topological polar surface area (TPSA) is 203 Å². The van der Waals surface area contributed by atoms with E-state index < -0.39 is 0 Å². The third kappa shape index (κ3) is 27.4. The fourth-order valence-electron chi connectivity index (χ4n) is 15.1. The van der Waals surface area contributed by atoms with Gasteiger partial charge >= 0.3 is 21.0 Å². The Kier molecular flexibility index (Phi) is 44.6. The molecule has 8 bridgehead atoms. The van der Waals surface area contributed by atoms with Crippen LogP contribution in [0.15, 0.2) is 14.7 Å². The predicted molar refractivity (Wildman–Crippen MR) is 540 cm³/mol. The third-order valence-corrected chi connectivity index (χ3v) is 29.7. The van der Waals surface area contributed by atoms with Crippen LogP contribution in [0.1, 0.15) is 218 Å². The fraction of sp³-hybridized carbons (Fsp3) is 0.673. The molecular formula is C98H150Cl4N12O9S4V+2. The summed E-state index contributed by atoms with van der Waals surface area (Å²) >= 11 is 41.1. The molecule has 0 unspecified atom stereocenters. The molecule has 0 radical (unpaired) electrons. The van der Waals surface area contributed by atoms with Crippen molar-refractivity contribution >= 4 is 143 Å². The van der Waals surface area contributed by atoms with Crippen LogP contribution in [0.5, 0.6) is 46.0 Å². The van der Waals surface area contributed by atoms with Gasteiger partial charge in [-0.05, 0) is 159 Å². The summed E-state index contributed by atoms with van der Waals surface area (Å²) in [4.78, 5) is 54.3. The van der Waals surface area contributed by atoms with Crippen molar-refractivity contribution in [1.29, 1.82) is 0 Å². The monoisotopic (exact) mass is 1960 g/mol. The maximum absolute atomic E-state index is 8.50. The standard InChI is InChI=1S/C98H150Cl4N12O8S4.O.V/c1-27-111(28-2)43-55-124-88-76(100)81(116-48-36-60(11)12)68-72(85(88)120-52-40-64(19)20)97-106-92(68)104-95-71-67(80(115-47-35-59(9)10)75(99)79(84(71)119-51-39-63(17)18)114(33-7,34-8)46-57-123-26)91(103-95)105-96-73-69(82(117-49-37-61(13)14)77(101)89(86(73)121-53-41-65(21)22)125-56-44-112(29-3)30-4)93(107-96)109-98-74-70(94(108-97)110-98)83(118-50-38-62(15)16)78(102)90(87(74)122-54-42-66(23)24)126-58-45-113(25,31-5)32-6;;/h59-66H,27-58H2,1-26H3;;/q;;+2. The van der Waals surface area contributed by atoms with Gasteiger partial charge in [-0.1, -0.05) is 185 Å². The SMILES string of the molecule is CCN(CC)CCSc1c(Cl)c(OCCC(C)C)c2c3nc4nc(nc5[n-]c(nc6nc(nc([n-]3)c2c1OCCC(C)C)-c1c(OCCC(C)C)c(Cl)c(SCC[N+](C)(CC)CC)c(OCCC(C)C)c1-6)c1c(OCCC(C)C)c(Cl)c(SCCN(CC)CC)c(OCCC(C)C)c51)-c1c(OCCC(C)C)c(Cl)c([N+](CC)(CC)CCSC)c(OCCC(C)C)c1-4.[O]=[V+2]. The van der Waals surface area contributed by atoms with E-state index in [9.17, 15) is 0 Å². The van der Waals surface area contributed by atoms with Gasteiger partial charge in [-0.25, -0.2) is 9.97 Å². The van der Waals surface area contributed by atoms with E-state index in [2.05, 4.69) is 189 Å². The summed E-state index contributed by atoms with van der Waals surface area (Å²) < 4.78 is 68.9. The van der Waals surface area contributed by atoms with Crippen LogP contribution in [0.25, 0.3) is 89.7 Å². The van der Waals surface area contributed by atoms with Crippen LogP contribution < -0.4 is 52.3 Å². The molecule has 2 aliphatic heterocycles. The molecule has 0 spiro atoms. The number of benzene rings is 4. The second kappa shape index (κ2) is 52.5. The Morgan fingerprint density at radius 2 is 0.602 bits per heavy atom. The first-order chi connectivity index (χ1) is 61.2.